The first-order valence-electron chi connectivity index (χ1n) is 7.15. The van der Waals surface area contributed by atoms with Crippen molar-refractivity contribution in [3.05, 3.63) is 34.6 Å². The summed E-state index contributed by atoms with van der Waals surface area (Å²) in [4.78, 5) is 18.4. The number of pyridine rings is 1. The Morgan fingerprint density at radius 1 is 1.48 bits per heavy atom. The highest BCUT2D eigenvalue weighted by molar-refractivity contribution is 6.31. The molecule has 0 bridgehead atoms. The number of aromatic nitrogens is 3. The van der Waals surface area contributed by atoms with Crippen LogP contribution < -0.4 is 10.2 Å². The van der Waals surface area contributed by atoms with Gasteiger partial charge in [-0.25, -0.2) is 4.98 Å². The second kappa shape index (κ2) is 5.89. The van der Waals surface area contributed by atoms with Crippen molar-refractivity contribution < 1.29 is 4.79 Å². The van der Waals surface area contributed by atoms with Crippen LogP contribution in [-0.4, -0.2) is 33.3 Å². The van der Waals surface area contributed by atoms with Gasteiger partial charge in [0.1, 0.15) is 23.7 Å². The van der Waals surface area contributed by atoms with Crippen molar-refractivity contribution in [3.63, 3.8) is 0 Å². The fourth-order valence-electron chi connectivity index (χ4n) is 2.67. The fourth-order valence-corrected chi connectivity index (χ4v) is 2.82. The van der Waals surface area contributed by atoms with Crippen LogP contribution >= 0.6 is 11.6 Å². The Morgan fingerprint density at radius 3 is 2.91 bits per heavy atom. The molecule has 0 aromatic carbocycles. The molecule has 2 aromatic rings. The van der Waals surface area contributed by atoms with Crippen LogP contribution in [0.5, 0.6) is 0 Å². The third kappa shape index (κ3) is 2.85. The number of anilines is 2. The maximum Gasteiger partial charge on any atom is 0.250 e. The third-order valence-electron chi connectivity index (χ3n) is 3.73. The summed E-state index contributed by atoms with van der Waals surface area (Å²) < 4.78 is 1.70. The Labute approximate surface area is 138 Å². The van der Waals surface area contributed by atoms with Gasteiger partial charge in [0.05, 0.1) is 10.7 Å². The van der Waals surface area contributed by atoms with Gasteiger partial charge in [0.25, 0.3) is 5.91 Å². The van der Waals surface area contributed by atoms with Crippen molar-refractivity contribution in [3.8, 4) is 6.07 Å². The molecule has 1 atom stereocenters. The number of hydrogen-bond donors (Lipinski definition) is 1. The van der Waals surface area contributed by atoms with Gasteiger partial charge in [0.15, 0.2) is 5.69 Å². The number of nitrogens with one attached hydrogen (secondary N) is 1. The van der Waals surface area contributed by atoms with Crippen molar-refractivity contribution >= 4 is 29.1 Å². The molecule has 1 fully saturated rings. The van der Waals surface area contributed by atoms with Crippen molar-refractivity contribution in [1.29, 1.82) is 5.26 Å². The first-order chi connectivity index (χ1) is 11.0. The van der Waals surface area contributed by atoms with E-state index < -0.39 is 0 Å². The largest absolute Gasteiger partial charge is 0.358 e. The minimum atomic E-state index is -0.384. The topological polar surface area (TPSA) is 86.8 Å². The molecule has 0 saturated carbocycles. The number of nitrogens with zero attached hydrogens (tertiary/aromatic N) is 5. The monoisotopic (exact) mass is 330 g/mol. The van der Waals surface area contributed by atoms with Crippen LogP contribution in [0.15, 0.2) is 18.2 Å². The highest BCUT2D eigenvalue weighted by atomic mass is 35.5. The number of amides is 1. The summed E-state index contributed by atoms with van der Waals surface area (Å²) >= 11 is 5.87. The Bertz CT molecular complexity index is 809. The molecule has 1 aliphatic rings. The molecule has 3 heterocycles. The Hall–Kier alpha value is -2.59. The summed E-state index contributed by atoms with van der Waals surface area (Å²) in [6, 6.07) is 6.68. The lowest BCUT2D eigenvalue weighted by atomic mass is 10.2. The van der Waals surface area contributed by atoms with E-state index in [9.17, 15) is 4.79 Å². The zero-order valence-electron chi connectivity index (χ0n) is 12.7. The van der Waals surface area contributed by atoms with E-state index in [2.05, 4.69) is 15.4 Å². The van der Waals surface area contributed by atoms with Crippen molar-refractivity contribution in [2.45, 2.75) is 19.4 Å². The summed E-state index contributed by atoms with van der Waals surface area (Å²) in [7, 11) is 1.82. The molecule has 1 aliphatic heterocycles. The zero-order valence-corrected chi connectivity index (χ0v) is 13.5. The highest BCUT2D eigenvalue weighted by Gasteiger charge is 2.34. The molecule has 0 aliphatic carbocycles. The Morgan fingerprint density at radius 2 is 2.26 bits per heavy atom. The molecule has 8 heteroatoms. The number of halogens is 1. The SMILES string of the molecule is Cc1cc(N2CCC(Nc3ccc(Cl)c(C#N)n3)C2=O)n(C)n1. The first-order valence-corrected chi connectivity index (χ1v) is 7.52. The maximum absolute atomic E-state index is 12.6. The molecule has 23 heavy (non-hydrogen) atoms. The fraction of sp³-hybridized carbons (Fsp3) is 0.333. The van der Waals surface area contributed by atoms with Gasteiger partial charge in [-0.15, -0.1) is 0 Å². The molecular weight excluding hydrogens is 316 g/mol. The lowest BCUT2D eigenvalue weighted by Crippen LogP contribution is -2.34. The smallest absolute Gasteiger partial charge is 0.250 e. The van der Waals surface area contributed by atoms with Gasteiger partial charge in [-0.2, -0.15) is 10.4 Å². The number of nitriles is 1. The second-order valence-corrected chi connectivity index (χ2v) is 5.79. The third-order valence-corrected chi connectivity index (χ3v) is 4.04. The summed E-state index contributed by atoms with van der Waals surface area (Å²) in [6.07, 6.45) is 0.648. The average Bonchev–Trinajstić information content (AvgIpc) is 3.03. The molecule has 1 amide bonds. The van der Waals surface area contributed by atoms with Crippen LogP contribution in [0, 0.1) is 18.3 Å². The van der Waals surface area contributed by atoms with Crippen LogP contribution in [0.3, 0.4) is 0 Å². The first kappa shape index (κ1) is 15.3. The molecule has 3 rings (SSSR count). The van der Waals surface area contributed by atoms with E-state index in [4.69, 9.17) is 16.9 Å². The van der Waals surface area contributed by atoms with E-state index in [-0.39, 0.29) is 17.6 Å². The quantitative estimate of drug-likeness (QED) is 0.928. The maximum atomic E-state index is 12.6. The summed E-state index contributed by atoms with van der Waals surface area (Å²) in [6.45, 7) is 2.50. The van der Waals surface area contributed by atoms with Gasteiger partial charge < -0.3 is 5.32 Å². The molecule has 7 nitrogen and oxygen atoms in total. The molecule has 1 N–H and O–H groups in total. The van der Waals surface area contributed by atoms with Crippen molar-refractivity contribution in [1.82, 2.24) is 14.8 Å². The van der Waals surface area contributed by atoms with E-state index in [0.29, 0.717) is 23.8 Å². The van der Waals surface area contributed by atoms with Crippen molar-refractivity contribution in [2.24, 2.45) is 7.05 Å². The van der Waals surface area contributed by atoms with Crippen molar-refractivity contribution in [2.75, 3.05) is 16.8 Å². The number of carbonyl (C=O) groups excluding carboxylic acids is 1. The minimum Gasteiger partial charge on any atom is -0.358 e. The van der Waals surface area contributed by atoms with Crippen LogP contribution in [-0.2, 0) is 11.8 Å². The normalized spacial score (nSPS) is 17.4. The van der Waals surface area contributed by atoms with Gasteiger partial charge >= 0.3 is 0 Å². The van der Waals surface area contributed by atoms with E-state index >= 15 is 0 Å². The Balaban J connectivity index is 1.77. The standard InChI is InChI=1S/C15H15ClN6O/c1-9-7-14(21(2)20-9)22-6-5-11(15(22)23)18-13-4-3-10(16)12(8-17)19-13/h3-4,7,11H,5-6H2,1-2H3,(H,18,19). The van der Waals surface area contributed by atoms with Gasteiger partial charge in [0, 0.05) is 19.7 Å². The van der Waals surface area contributed by atoms with Crippen LogP contribution in [0.2, 0.25) is 5.02 Å². The van der Waals surface area contributed by atoms with Crippen LogP contribution in [0.25, 0.3) is 0 Å². The summed E-state index contributed by atoms with van der Waals surface area (Å²) in [5.74, 6) is 1.20. The number of hydrogen-bond acceptors (Lipinski definition) is 5. The molecule has 2 aromatic heterocycles. The molecule has 118 valence electrons. The predicted molar refractivity (Wildman–Crippen MR) is 86.3 cm³/mol. The van der Waals surface area contributed by atoms with Gasteiger partial charge in [-0.1, -0.05) is 11.6 Å². The zero-order chi connectivity index (χ0) is 16.6. The van der Waals surface area contributed by atoms with E-state index in [1.165, 1.54) is 0 Å². The summed E-state index contributed by atoms with van der Waals surface area (Å²) in [5, 5.41) is 16.6. The highest BCUT2D eigenvalue weighted by Crippen LogP contribution is 2.24. The molecule has 1 saturated heterocycles. The lowest BCUT2D eigenvalue weighted by molar-refractivity contribution is -0.117. The van der Waals surface area contributed by atoms with Gasteiger partial charge in [-0.05, 0) is 25.5 Å². The second-order valence-electron chi connectivity index (χ2n) is 5.38. The van der Waals surface area contributed by atoms with E-state index in [1.54, 1.807) is 21.7 Å². The number of rotatable bonds is 3. The molecule has 0 spiro atoms. The van der Waals surface area contributed by atoms with Gasteiger partial charge in [-0.3, -0.25) is 14.4 Å². The molecular formula is C15H15ClN6O. The Kier molecular flexibility index (Phi) is 3.92. The van der Waals surface area contributed by atoms with Gasteiger partial charge in [0.2, 0.25) is 0 Å². The molecule has 1 unspecified atom stereocenters. The summed E-state index contributed by atoms with van der Waals surface area (Å²) in [5.41, 5.74) is 1.01. The van der Waals surface area contributed by atoms with Crippen LogP contribution in [0.4, 0.5) is 11.6 Å². The predicted octanol–water partition coefficient (Wildman–Crippen LogP) is 1.87. The number of aryl methyl sites for hydroxylation is 2. The number of carbonyl (C=O) groups is 1. The molecule has 0 radical (unpaired) electrons. The lowest BCUT2D eigenvalue weighted by Gasteiger charge is -2.17. The average molecular weight is 331 g/mol. The minimum absolute atomic E-state index is 0.0387. The van der Waals surface area contributed by atoms with E-state index in [1.807, 2.05) is 26.1 Å². The van der Waals surface area contributed by atoms with E-state index in [0.717, 1.165) is 11.5 Å². The van der Waals surface area contributed by atoms with Crippen LogP contribution in [0.1, 0.15) is 17.8 Å².